The summed E-state index contributed by atoms with van der Waals surface area (Å²) in [6.07, 6.45) is -4.24. The van der Waals surface area contributed by atoms with E-state index in [4.69, 9.17) is 17.0 Å². The van der Waals surface area contributed by atoms with Gasteiger partial charge in [-0.3, -0.25) is 9.59 Å². The molecule has 0 heterocycles. The van der Waals surface area contributed by atoms with Crippen LogP contribution in [0.15, 0.2) is 36.4 Å². The number of amides is 1. The van der Waals surface area contributed by atoms with E-state index in [0.29, 0.717) is 6.29 Å². The van der Waals surface area contributed by atoms with Crippen LogP contribution in [0.5, 0.6) is 0 Å². The average Bonchev–Trinajstić information content (AvgIpc) is 2.61. The third-order valence-corrected chi connectivity index (χ3v) is 3.69. The highest BCUT2D eigenvalue weighted by atomic mass is 35.5. The number of benzene rings is 2. The van der Waals surface area contributed by atoms with Crippen molar-refractivity contribution in [2.45, 2.75) is 26.9 Å². The molecule has 0 atom stereocenters. The van der Waals surface area contributed by atoms with Crippen molar-refractivity contribution >= 4 is 35.2 Å². The Balaban J connectivity index is 0.00000176. The second-order valence-electron chi connectivity index (χ2n) is 5.16. The van der Waals surface area contributed by atoms with Crippen molar-refractivity contribution in [1.29, 1.82) is 5.41 Å². The van der Waals surface area contributed by atoms with E-state index in [9.17, 15) is 22.8 Å². The third kappa shape index (κ3) is 5.40. The minimum Gasteiger partial charge on any atom is -0.321 e. The summed E-state index contributed by atoms with van der Waals surface area (Å²) in [4.78, 5) is 23.3. The maximum absolute atomic E-state index is 13.1. The number of alkyl halides is 3. The largest absolute Gasteiger partial charge is 0.417 e. The molecule has 0 spiro atoms. The fourth-order valence-corrected chi connectivity index (χ4v) is 2.50. The zero-order chi connectivity index (χ0) is 20.8. The van der Waals surface area contributed by atoms with Gasteiger partial charge < -0.3 is 10.7 Å². The lowest BCUT2D eigenvalue weighted by molar-refractivity contribution is -0.137. The van der Waals surface area contributed by atoms with Crippen molar-refractivity contribution in [2.24, 2.45) is 0 Å². The minimum absolute atomic E-state index is 0.0511. The second kappa shape index (κ2) is 9.32. The molecule has 0 radical (unpaired) electrons. The fourth-order valence-electron chi connectivity index (χ4n) is 2.24. The molecule has 0 saturated carbocycles. The van der Waals surface area contributed by atoms with Gasteiger partial charge in [0.05, 0.1) is 21.8 Å². The number of carbonyl (C=O) groups is 2. The molecule has 27 heavy (non-hydrogen) atoms. The molecule has 0 fully saturated rings. The highest BCUT2D eigenvalue weighted by Crippen LogP contribution is 2.35. The number of halogens is 4. The Kier molecular flexibility index (Phi) is 7.72. The lowest BCUT2D eigenvalue weighted by Crippen LogP contribution is -2.20. The SMILES string of the molecule is CC.CC(=N)c1ccc(C=O)cc1NC(=O)c1c(Cl)cccc1C(F)(F)F. The molecule has 2 aromatic carbocycles. The van der Waals surface area contributed by atoms with Gasteiger partial charge in [-0.2, -0.15) is 13.2 Å². The summed E-state index contributed by atoms with van der Waals surface area (Å²) < 4.78 is 39.4. The van der Waals surface area contributed by atoms with Crippen molar-refractivity contribution < 1.29 is 22.8 Å². The Morgan fingerprint density at radius 3 is 2.33 bits per heavy atom. The highest BCUT2D eigenvalue weighted by molar-refractivity contribution is 6.34. The maximum atomic E-state index is 13.1. The molecule has 0 aliphatic rings. The van der Waals surface area contributed by atoms with E-state index in [1.807, 2.05) is 13.8 Å². The Morgan fingerprint density at radius 1 is 1.19 bits per heavy atom. The topological polar surface area (TPSA) is 70.0 Å². The molecule has 0 bridgehead atoms. The number of anilines is 1. The Labute approximate surface area is 159 Å². The Morgan fingerprint density at radius 2 is 1.81 bits per heavy atom. The molecule has 4 nitrogen and oxygen atoms in total. The van der Waals surface area contributed by atoms with Gasteiger partial charge >= 0.3 is 6.18 Å². The highest BCUT2D eigenvalue weighted by Gasteiger charge is 2.36. The number of aldehydes is 1. The van der Waals surface area contributed by atoms with E-state index in [2.05, 4.69) is 5.32 Å². The van der Waals surface area contributed by atoms with Gasteiger partial charge in [-0.1, -0.05) is 43.6 Å². The van der Waals surface area contributed by atoms with Crippen LogP contribution in [-0.2, 0) is 6.18 Å². The van der Waals surface area contributed by atoms with Crippen LogP contribution in [0, 0.1) is 5.41 Å². The molecular weight excluding hydrogens is 381 g/mol. The van der Waals surface area contributed by atoms with Crippen LogP contribution in [0.2, 0.25) is 5.02 Å². The molecule has 0 unspecified atom stereocenters. The average molecular weight is 399 g/mol. The van der Waals surface area contributed by atoms with Gasteiger partial charge in [0.1, 0.15) is 6.29 Å². The number of nitrogens with one attached hydrogen (secondary N) is 2. The molecule has 0 aromatic heterocycles. The molecule has 144 valence electrons. The van der Waals surface area contributed by atoms with E-state index in [0.717, 1.165) is 12.1 Å². The smallest absolute Gasteiger partial charge is 0.321 e. The molecule has 0 aliphatic heterocycles. The second-order valence-corrected chi connectivity index (χ2v) is 5.57. The van der Waals surface area contributed by atoms with Gasteiger partial charge in [0, 0.05) is 16.8 Å². The molecule has 2 rings (SSSR count). The summed E-state index contributed by atoms with van der Waals surface area (Å²) in [5, 5.41) is 9.65. The van der Waals surface area contributed by atoms with E-state index in [1.54, 1.807) is 0 Å². The van der Waals surface area contributed by atoms with Gasteiger partial charge in [-0.25, -0.2) is 0 Å². The van der Waals surface area contributed by atoms with Gasteiger partial charge in [0.15, 0.2) is 0 Å². The number of hydrogen-bond acceptors (Lipinski definition) is 3. The first-order valence-corrected chi connectivity index (χ1v) is 8.34. The third-order valence-electron chi connectivity index (χ3n) is 3.38. The summed E-state index contributed by atoms with van der Waals surface area (Å²) >= 11 is 5.80. The fraction of sp³-hybridized carbons (Fsp3) is 0.211. The number of hydrogen-bond donors (Lipinski definition) is 2. The van der Waals surface area contributed by atoms with Crippen LogP contribution in [0.4, 0.5) is 18.9 Å². The number of rotatable bonds is 4. The first kappa shape index (κ1) is 22.4. The Hall–Kier alpha value is -2.67. The molecule has 0 saturated heterocycles. The summed E-state index contributed by atoms with van der Waals surface area (Å²) in [5.74, 6) is -1.08. The van der Waals surface area contributed by atoms with Crippen LogP contribution >= 0.6 is 11.6 Å². The summed E-state index contributed by atoms with van der Waals surface area (Å²) in [5.41, 5.74) is -1.29. The first-order valence-electron chi connectivity index (χ1n) is 7.97. The van der Waals surface area contributed by atoms with Crippen LogP contribution in [0.1, 0.15) is 52.6 Å². The lowest BCUT2D eigenvalue weighted by atomic mass is 10.0. The quantitative estimate of drug-likeness (QED) is 0.502. The summed E-state index contributed by atoms with van der Waals surface area (Å²) in [6.45, 7) is 5.45. The summed E-state index contributed by atoms with van der Waals surface area (Å²) in [7, 11) is 0. The zero-order valence-electron chi connectivity index (χ0n) is 14.9. The van der Waals surface area contributed by atoms with E-state index < -0.39 is 23.2 Å². The van der Waals surface area contributed by atoms with E-state index >= 15 is 0 Å². The monoisotopic (exact) mass is 398 g/mol. The molecule has 2 aromatic rings. The lowest BCUT2D eigenvalue weighted by Gasteiger charge is -2.16. The van der Waals surface area contributed by atoms with Gasteiger partial charge in [0.25, 0.3) is 5.91 Å². The molecule has 2 N–H and O–H groups in total. The molecular formula is C19H18ClF3N2O2. The molecule has 0 aliphatic carbocycles. The van der Waals surface area contributed by atoms with Gasteiger partial charge in [0.2, 0.25) is 0 Å². The minimum atomic E-state index is -4.76. The van der Waals surface area contributed by atoms with Crippen molar-refractivity contribution in [3.05, 3.63) is 63.7 Å². The van der Waals surface area contributed by atoms with Crippen molar-refractivity contribution in [2.75, 3.05) is 5.32 Å². The Bertz CT molecular complexity index is 865. The predicted octanol–water partition coefficient (Wildman–Crippen LogP) is 5.84. The van der Waals surface area contributed by atoms with Gasteiger partial charge in [-0.15, -0.1) is 0 Å². The van der Waals surface area contributed by atoms with Crippen molar-refractivity contribution in [1.82, 2.24) is 0 Å². The van der Waals surface area contributed by atoms with Gasteiger partial charge in [-0.05, 0) is 25.1 Å². The molecule has 1 amide bonds. The normalized spacial score (nSPS) is 10.5. The summed E-state index contributed by atoms with van der Waals surface area (Å²) in [6, 6.07) is 7.18. The van der Waals surface area contributed by atoms with E-state index in [-0.39, 0.29) is 27.5 Å². The van der Waals surface area contributed by atoms with Crippen LogP contribution < -0.4 is 5.32 Å². The van der Waals surface area contributed by atoms with Crippen LogP contribution in [0.25, 0.3) is 0 Å². The molecule has 8 heteroatoms. The van der Waals surface area contributed by atoms with Crippen molar-refractivity contribution in [3.63, 3.8) is 0 Å². The maximum Gasteiger partial charge on any atom is 0.417 e. The van der Waals surface area contributed by atoms with Crippen molar-refractivity contribution in [3.8, 4) is 0 Å². The predicted molar refractivity (Wildman–Crippen MR) is 100 cm³/mol. The zero-order valence-corrected chi connectivity index (χ0v) is 15.6. The number of carbonyl (C=O) groups excluding carboxylic acids is 2. The van der Waals surface area contributed by atoms with Crippen LogP contribution in [-0.4, -0.2) is 17.9 Å². The van der Waals surface area contributed by atoms with Crippen LogP contribution in [0.3, 0.4) is 0 Å². The standard InChI is InChI=1S/C17H12ClF3N2O2.C2H6/c1-9(22)11-6-5-10(8-24)7-14(11)23-16(25)15-12(17(19,20)21)3-2-4-13(15)18;1-2/h2-8,22H,1H3,(H,23,25);1-2H3. The first-order chi connectivity index (χ1) is 12.6. The van der Waals surface area contributed by atoms with E-state index in [1.165, 1.54) is 31.2 Å².